The Kier molecular flexibility index (Phi) is 3.47. The molecule has 1 aliphatic heterocycles. The molecule has 2 aromatic carbocycles. The van der Waals surface area contributed by atoms with Crippen molar-refractivity contribution in [3.63, 3.8) is 0 Å². The van der Waals surface area contributed by atoms with Gasteiger partial charge in [0.1, 0.15) is 29.3 Å². The van der Waals surface area contributed by atoms with Gasteiger partial charge in [0.25, 0.3) is 0 Å². The Bertz CT molecular complexity index is 656. The average molecular weight is 284 g/mol. The van der Waals surface area contributed by atoms with Crippen LogP contribution in [-0.4, -0.2) is 13.2 Å². The first kappa shape index (κ1) is 13.8. The fourth-order valence-electron chi connectivity index (χ4n) is 2.79. The molecule has 2 atom stereocenters. The Labute approximate surface area is 124 Å². The van der Waals surface area contributed by atoms with Crippen molar-refractivity contribution in [3.05, 3.63) is 53.6 Å². The number of hydrogen-bond donors (Lipinski definition) is 0. The minimum absolute atomic E-state index is 0.256. The molecule has 0 saturated carbocycles. The number of fused-ring (bicyclic) bond motifs is 1. The maximum atomic E-state index is 12.8. The number of ether oxygens (including phenoxy) is 2. The van der Waals surface area contributed by atoms with E-state index in [0.29, 0.717) is 17.2 Å². The van der Waals surface area contributed by atoms with Gasteiger partial charge < -0.3 is 9.47 Å². The Morgan fingerprint density at radius 2 is 1.95 bits per heavy atom. The number of anilines is 1. The van der Waals surface area contributed by atoms with Crippen molar-refractivity contribution in [3.8, 4) is 11.5 Å². The van der Waals surface area contributed by atoms with Crippen molar-refractivity contribution in [1.82, 2.24) is 0 Å². The van der Waals surface area contributed by atoms with Gasteiger partial charge in [-0.15, -0.1) is 0 Å². The molecule has 0 fully saturated rings. The topological polar surface area (TPSA) is 41.6 Å². The van der Waals surface area contributed by atoms with Crippen LogP contribution in [0, 0.1) is 6.92 Å². The first-order valence-corrected chi connectivity index (χ1v) is 6.98. The molecule has 2 unspecified atom stereocenters. The lowest BCUT2D eigenvalue weighted by Crippen LogP contribution is -2.39. The molecule has 0 saturated heterocycles. The van der Waals surface area contributed by atoms with E-state index >= 15 is 0 Å². The molecule has 4 heteroatoms. The van der Waals surface area contributed by atoms with Crippen molar-refractivity contribution in [1.29, 1.82) is 0 Å². The van der Waals surface area contributed by atoms with Crippen molar-refractivity contribution < 1.29 is 14.7 Å². The lowest BCUT2D eigenvalue weighted by molar-refractivity contribution is 0.0524. The number of hydroxylamine groups is 1. The predicted octanol–water partition coefficient (Wildman–Crippen LogP) is 3.68. The van der Waals surface area contributed by atoms with E-state index in [0.717, 1.165) is 16.2 Å². The van der Waals surface area contributed by atoms with Crippen LogP contribution < -0.4 is 14.5 Å². The van der Waals surface area contributed by atoms with Crippen LogP contribution in [0.1, 0.15) is 24.1 Å². The Morgan fingerprint density at radius 3 is 2.71 bits per heavy atom. The summed E-state index contributed by atoms with van der Waals surface area (Å²) in [5.41, 5.74) is 2.45. The minimum Gasteiger partial charge on any atom is -0.496 e. The maximum absolute atomic E-state index is 12.8. The summed E-state index contributed by atoms with van der Waals surface area (Å²) in [5, 5.41) is 13.9. The number of hydrogen-bond acceptors (Lipinski definition) is 3. The first-order valence-electron chi connectivity index (χ1n) is 6.98. The molecular weight excluding hydrogens is 266 g/mol. The highest BCUT2D eigenvalue weighted by atomic mass is 16.5. The second kappa shape index (κ2) is 5.30. The molecule has 2 aromatic rings. The van der Waals surface area contributed by atoms with Crippen LogP contribution in [0.4, 0.5) is 5.69 Å². The predicted molar refractivity (Wildman–Crippen MR) is 80.2 cm³/mol. The summed E-state index contributed by atoms with van der Waals surface area (Å²) in [7, 11) is 1.61. The molecule has 0 aromatic heterocycles. The van der Waals surface area contributed by atoms with Crippen LogP contribution in [0.5, 0.6) is 11.5 Å². The SMILES string of the molecule is COc1ccccc1C1C(C)Oc2ccc(C)cc2N1[O]. The van der Waals surface area contributed by atoms with Crippen molar-refractivity contribution >= 4 is 5.69 Å². The molecule has 0 N–H and O–H groups in total. The highest BCUT2D eigenvalue weighted by molar-refractivity contribution is 5.62. The Morgan fingerprint density at radius 1 is 1.19 bits per heavy atom. The molecule has 4 nitrogen and oxygen atoms in total. The zero-order valence-corrected chi connectivity index (χ0v) is 12.4. The molecule has 1 radical (unpaired) electrons. The van der Waals surface area contributed by atoms with Crippen molar-refractivity contribution in [2.75, 3.05) is 12.2 Å². The second-order valence-corrected chi connectivity index (χ2v) is 5.31. The molecule has 21 heavy (non-hydrogen) atoms. The number of aryl methyl sites for hydroxylation is 1. The summed E-state index contributed by atoms with van der Waals surface area (Å²) in [6, 6.07) is 12.8. The molecule has 0 aliphatic carbocycles. The third-order valence-electron chi connectivity index (χ3n) is 3.82. The van der Waals surface area contributed by atoms with Crippen LogP contribution in [0.2, 0.25) is 0 Å². The van der Waals surface area contributed by atoms with Gasteiger partial charge in [-0.25, -0.2) is 5.06 Å². The van der Waals surface area contributed by atoms with Gasteiger partial charge in [0, 0.05) is 5.56 Å². The number of rotatable bonds is 2. The molecule has 0 spiro atoms. The third-order valence-corrected chi connectivity index (χ3v) is 3.82. The molecule has 109 valence electrons. The van der Waals surface area contributed by atoms with E-state index < -0.39 is 6.04 Å². The second-order valence-electron chi connectivity index (χ2n) is 5.31. The van der Waals surface area contributed by atoms with Gasteiger partial charge in [-0.2, -0.15) is 0 Å². The summed E-state index contributed by atoms with van der Waals surface area (Å²) in [6.45, 7) is 3.87. The Balaban J connectivity index is 2.07. The summed E-state index contributed by atoms with van der Waals surface area (Å²) < 4.78 is 11.3. The zero-order chi connectivity index (χ0) is 15.0. The van der Waals surface area contributed by atoms with Gasteiger partial charge in [0.2, 0.25) is 0 Å². The van der Waals surface area contributed by atoms with E-state index in [2.05, 4.69) is 0 Å². The maximum Gasteiger partial charge on any atom is 0.145 e. The van der Waals surface area contributed by atoms with Gasteiger partial charge in [0.15, 0.2) is 0 Å². The van der Waals surface area contributed by atoms with E-state index in [4.69, 9.17) is 9.47 Å². The summed E-state index contributed by atoms with van der Waals surface area (Å²) in [6.07, 6.45) is -0.256. The van der Waals surface area contributed by atoms with Crippen LogP contribution in [0.15, 0.2) is 42.5 Å². The van der Waals surface area contributed by atoms with Gasteiger partial charge >= 0.3 is 0 Å². The monoisotopic (exact) mass is 284 g/mol. The van der Waals surface area contributed by atoms with Gasteiger partial charge in [-0.05, 0) is 37.6 Å². The number of nitrogens with zero attached hydrogens (tertiary/aromatic N) is 1. The van der Waals surface area contributed by atoms with Crippen LogP contribution in [0.3, 0.4) is 0 Å². The molecule has 0 bridgehead atoms. The van der Waals surface area contributed by atoms with E-state index in [1.807, 2.05) is 56.3 Å². The first-order chi connectivity index (χ1) is 10.1. The van der Waals surface area contributed by atoms with Gasteiger partial charge in [-0.3, -0.25) is 0 Å². The fraction of sp³-hybridized carbons (Fsp3) is 0.294. The molecular formula is C17H18NO3. The summed E-state index contributed by atoms with van der Waals surface area (Å²) in [5.74, 6) is 1.34. The van der Waals surface area contributed by atoms with Gasteiger partial charge in [-0.1, -0.05) is 29.5 Å². The van der Waals surface area contributed by atoms with Gasteiger partial charge in [0.05, 0.1) is 7.11 Å². The van der Waals surface area contributed by atoms with E-state index in [1.165, 1.54) is 0 Å². The van der Waals surface area contributed by atoms with Crippen molar-refractivity contribution in [2.24, 2.45) is 0 Å². The smallest absolute Gasteiger partial charge is 0.145 e. The zero-order valence-electron chi connectivity index (χ0n) is 12.4. The van der Waals surface area contributed by atoms with Crippen LogP contribution in [0.25, 0.3) is 0 Å². The fourth-order valence-corrected chi connectivity index (χ4v) is 2.79. The molecule has 1 aliphatic rings. The van der Waals surface area contributed by atoms with Crippen molar-refractivity contribution in [2.45, 2.75) is 26.0 Å². The molecule has 3 rings (SSSR count). The van der Waals surface area contributed by atoms with Crippen LogP contribution >= 0.6 is 0 Å². The quantitative estimate of drug-likeness (QED) is 0.844. The lowest BCUT2D eigenvalue weighted by Gasteiger charge is -2.37. The van der Waals surface area contributed by atoms with E-state index in [9.17, 15) is 5.21 Å². The molecule has 1 heterocycles. The number of methoxy groups -OCH3 is 1. The third kappa shape index (κ3) is 2.32. The highest BCUT2D eigenvalue weighted by Gasteiger charge is 2.36. The normalized spacial score (nSPS) is 20.7. The lowest BCUT2D eigenvalue weighted by atomic mass is 9.98. The Hall–Kier alpha value is -2.20. The van der Waals surface area contributed by atoms with E-state index in [-0.39, 0.29) is 6.10 Å². The van der Waals surface area contributed by atoms with Crippen LogP contribution in [-0.2, 0) is 5.21 Å². The standard InChI is InChI=1S/C17H18NO3/c1-11-8-9-16-14(10-11)18(19)17(12(2)21-16)13-6-4-5-7-15(13)20-3/h4-10,12,17H,1-3H3. The summed E-state index contributed by atoms with van der Waals surface area (Å²) >= 11 is 0. The highest BCUT2D eigenvalue weighted by Crippen LogP contribution is 2.43. The number of benzene rings is 2. The number of para-hydroxylation sites is 1. The average Bonchev–Trinajstić information content (AvgIpc) is 2.49. The minimum atomic E-state index is -0.421. The molecule has 0 amide bonds. The largest absolute Gasteiger partial charge is 0.496 e. The summed E-state index contributed by atoms with van der Waals surface area (Å²) in [4.78, 5) is 0. The van der Waals surface area contributed by atoms with E-state index in [1.54, 1.807) is 7.11 Å².